The van der Waals surface area contributed by atoms with Gasteiger partial charge in [0.25, 0.3) is 0 Å². The van der Waals surface area contributed by atoms with Crippen LogP contribution >= 0.6 is 23.7 Å². The highest BCUT2D eigenvalue weighted by Gasteiger charge is 2.27. The van der Waals surface area contributed by atoms with E-state index < -0.39 is 0 Å². The minimum atomic E-state index is -0.163. The number of hydrogen-bond donors (Lipinski definition) is 2. The van der Waals surface area contributed by atoms with Gasteiger partial charge in [0, 0.05) is 17.0 Å². The van der Waals surface area contributed by atoms with E-state index in [9.17, 15) is 4.79 Å². The molecule has 3 N–H and O–H groups in total. The molecule has 0 radical (unpaired) electrons. The molecule has 1 aliphatic carbocycles. The largest absolute Gasteiger partial charge is 0.354 e. The molecule has 0 atom stereocenters. The molecule has 1 amide bonds. The molecular formula is C13H21ClN2OS. The molecule has 1 fully saturated rings. The quantitative estimate of drug-likeness (QED) is 0.894. The highest BCUT2D eigenvalue weighted by atomic mass is 35.5. The fraction of sp³-hybridized carbons (Fsp3) is 0.615. The van der Waals surface area contributed by atoms with E-state index in [0.29, 0.717) is 13.0 Å². The molecular weight excluding hydrogens is 268 g/mol. The molecule has 0 bridgehead atoms. The second-order valence-corrected chi connectivity index (χ2v) is 5.99. The van der Waals surface area contributed by atoms with Crippen LogP contribution in [0.4, 0.5) is 0 Å². The molecule has 1 saturated carbocycles. The van der Waals surface area contributed by atoms with Crippen LogP contribution in [0, 0.1) is 0 Å². The molecule has 18 heavy (non-hydrogen) atoms. The lowest BCUT2D eigenvalue weighted by Crippen LogP contribution is -2.51. The topological polar surface area (TPSA) is 55.1 Å². The Hall–Kier alpha value is -0.580. The number of nitrogens with one attached hydrogen (secondary N) is 1. The van der Waals surface area contributed by atoms with Crippen LogP contribution in [-0.4, -0.2) is 18.0 Å². The Kier molecular flexibility index (Phi) is 6.12. The van der Waals surface area contributed by atoms with Crippen molar-refractivity contribution in [2.24, 2.45) is 5.73 Å². The zero-order valence-electron chi connectivity index (χ0n) is 10.5. The van der Waals surface area contributed by atoms with Crippen molar-refractivity contribution >= 4 is 29.7 Å². The number of nitrogens with two attached hydrogens (primary N) is 1. The lowest BCUT2D eigenvalue weighted by Gasteiger charge is -2.33. The first-order valence-corrected chi connectivity index (χ1v) is 7.14. The third-order valence-electron chi connectivity index (χ3n) is 3.40. The van der Waals surface area contributed by atoms with Crippen molar-refractivity contribution < 1.29 is 4.79 Å². The summed E-state index contributed by atoms with van der Waals surface area (Å²) in [5.41, 5.74) is 6.11. The van der Waals surface area contributed by atoms with Gasteiger partial charge in [-0.05, 0) is 24.3 Å². The van der Waals surface area contributed by atoms with E-state index in [1.807, 2.05) is 17.5 Å². The molecule has 1 aliphatic rings. The van der Waals surface area contributed by atoms with Gasteiger partial charge in [0.05, 0.1) is 6.42 Å². The molecule has 0 saturated heterocycles. The number of halogens is 1. The predicted molar refractivity (Wildman–Crippen MR) is 78.3 cm³/mol. The van der Waals surface area contributed by atoms with Gasteiger partial charge in [0.2, 0.25) is 5.91 Å². The standard InChI is InChI=1S/C13H20N2OS.ClH/c14-13(6-2-1-3-7-13)10-15-12(16)9-11-5-4-8-17-11;/h4-5,8H,1-3,6-7,9-10,14H2,(H,15,16);1H. The SMILES string of the molecule is Cl.NC1(CNC(=O)Cc2cccs2)CCCCC1. The van der Waals surface area contributed by atoms with Crippen LogP contribution in [0.1, 0.15) is 37.0 Å². The zero-order chi connectivity index (χ0) is 12.1. The fourth-order valence-electron chi connectivity index (χ4n) is 2.34. The van der Waals surface area contributed by atoms with Crippen LogP contribution in [0.15, 0.2) is 17.5 Å². The second-order valence-electron chi connectivity index (χ2n) is 4.96. The van der Waals surface area contributed by atoms with Gasteiger partial charge in [-0.25, -0.2) is 0 Å². The molecule has 0 aromatic carbocycles. The number of hydrogen-bond acceptors (Lipinski definition) is 3. The Bertz CT molecular complexity index is 361. The van der Waals surface area contributed by atoms with E-state index in [1.54, 1.807) is 11.3 Å². The molecule has 5 heteroatoms. The maximum atomic E-state index is 11.7. The summed E-state index contributed by atoms with van der Waals surface area (Å²) in [7, 11) is 0. The van der Waals surface area contributed by atoms with Crippen molar-refractivity contribution in [3.05, 3.63) is 22.4 Å². The van der Waals surface area contributed by atoms with Gasteiger partial charge >= 0.3 is 0 Å². The van der Waals surface area contributed by atoms with E-state index in [0.717, 1.165) is 17.7 Å². The van der Waals surface area contributed by atoms with Crippen LogP contribution < -0.4 is 11.1 Å². The summed E-state index contributed by atoms with van der Waals surface area (Å²) in [6.45, 7) is 0.622. The Morgan fingerprint density at radius 2 is 2.11 bits per heavy atom. The molecule has 2 rings (SSSR count). The van der Waals surface area contributed by atoms with Crippen molar-refractivity contribution in [1.29, 1.82) is 0 Å². The summed E-state index contributed by atoms with van der Waals surface area (Å²) >= 11 is 1.62. The third-order valence-corrected chi connectivity index (χ3v) is 4.28. The Morgan fingerprint density at radius 3 is 2.72 bits per heavy atom. The van der Waals surface area contributed by atoms with Crippen LogP contribution in [-0.2, 0) is 11.2 Å². The van der Waals surface area contributed by atoms with Crippen molar-refractivity contribution in [3.8, 4) is 0 Å². The lowest BCUT2D eigenvalue weighted by molar-refractivity contribution is -0.120. The number of carbonyl (C=O) groups excluding carboxylic acids is 1. The average molecular weight is 289 g/mol. The molecule has 102 valence electrons. The van der Waals surface area contributed by atoms with Crippen LogP contribution in [0.25, 0.3) is 0 Å². The van der Waals surface area contributed by atoms with Gasteiger partial charge in [-0.15, -0.1) is 23.7 Å². The van der Waals surface area contributed by atoms with Gasteiger partial charge in [-0.3, -0.25) is 4.79 Å². The second kappa shape index (κ2) is 7.12. The fourth-order valence-corrected chi connectivity index (χ4v) is 3.04. The first-order chi connectivity index (χ1) is 8.18. The number of thiophene rings is 1. The maximum absolute atomic E-state index is 11.7. The van der Waals surface area contributed by atoms with E-state index in [-0.39, 0.29) is 23.9 Å². The zero-order valence-corrected chi connectivity index (χ0v) is 12.1. The van der Waals surface area contributed by atoms with Gasteiger partial charge < -0.3 is 11.1 Å². The van der Waals surface area contributed by atoms with E-state index in [4.69, 9.17) is 5.73 Å². The number of carbonyl (C=O) groups is 1. The van der Waals surface area contributed by atoms with Gasteiger partial charge in [-0.2, -0.15) is 0 Å². The van der Waals surface area contributed by atoms with Crippen molar-refractivity contribution in [1.82, 2.24) is 5.32 Å². The van der Waals surface area contributed by atoms with E-state index >= 15 is 0 Å². The molecule has 0 unspecified atom stereocenters. The van der Waals surface area contributed by atoms with Crippen LogP contribution in [0.3, 0.4) is 0 Å². The summed E-state index contributed by atoms with van der Waals surface area (Å²) in [6.07, 6.45) is 6.21. The van der Waals surface area contributed by atoms with Crippen molar-refractivity contribution in [2.45, 2.75) is 44.1 Å². The smallest absolute Gasteiger partial charge is 0.225 e. The lowest BCUT2D eigenvalue weighted by atomic mass is 9.82. The summed E-state index contributed by atoms with van der Waals surface area (Å²) < 4.78 is 0. The van der Waals surface area contributed by atoms with Crippen molar-refractivity contribution in [2.75, 3.05) is 6.54 Å². The molecule has 1 aromatic heterocycles. The Morgan fingerprint density at radius 1 is 1.39 bits per heavy atom. The minimum Gasteiger partial charge on any atom is -0.354 e. The monoisotopic (exact) mass is 288 g/mol. The first kappa shape index (κ1) is 15.5. The summed E-state index contributed by atoms with van der Waals surface area (Å²) in [5.74, 6) is 0.0860. The Balaban J connectivity index is 0.00000162. The summed E-state index contributed by atoms with van der Waals surface area (Å²) in [4.78, 5) is 12.8. The van der Waals surface area contributed by atoms with Crippen LogP contribution in [0.2, 0.25) is 0 Å². The van der Waals surface area contributed by atoms with Gasteiger partial charge in [0.15, 0.2) is 0 Å². The van der Waals surface area contributed by atoms with Crippen LogP contribution in [0.5, 0.6) is 0 Å². The van der Waals surface area contributed by atoms with E-state index in [1.165, 1.54) is 19.3 Å². The van der Waals surface area contributed by atoms with Crippen molar-refractivity contribution in [3.63, 3.8) is 0 Å². The maximum Gasteiger partial charge on any atom is 0.225 e. The first-order valence-electron chi connectivity index (χ1n) is 6.26. The molecule has 3 nitrogen and oxygen atoms in total. The predicted octanol–water partition coefficient (Wildman–Crippen LogP) is 2.49. The summed E-state index contributed by atoms with van der Waals surface area (Å²) in [5, 5.41) is 4.97. The van der Waals surface area contributed by atoms with Gasteiger partial charge in [-0.1, -0.05) is 25.3 Å². The highest BCUT2D eigenvalue weighted by molar-refractivity contribution is 7.10. The Labute approximate surface area is 119 Å². The van der Waals surface area contributed by atoms with Gasteiger partial charge in [0.1, 0.15) is 0 Å². The minimum absolute atomic E-state index is 0. The number of rotatable bonds is 4. The molecule has 1 aromatic rings. The normalized spacial score (nSPS) is 17.8. The summed E-state index contributed by atoms with van der Waals surface area (Å²) in [6, 6.07) is 3.96. The molecule has 0 spiro atoms. The molecule has 0 aliphatic heterocycles. The third kappa shape index (κ3) is 4.59. The highest BCUT2D eigenvalue weighted by Crippen LogP contribution is 2.25. The number of amides is 1. The molecule has 1 heterocycles. The average Bonchev–Trinajstić information content (AvgIpc) is 2.80. The van der Waals surface area contributed by atoms with E-state index in [2.05, 4.69) is 5.32 Å².